The molecule has 1 saturated heterocycles. The molecule has 1 fully saturated rings. The van der Waals surface area contributed by atoms with Crippen LogP contribution in [0.2, 0.25) is 0 Å². The number of halogens is 1. The number of carbonyl (C=O) groups excluding carboxylic acids is 1. The van der Waals surface area contributed by atoms with Gasteiger partial charge in [-0.3, -0.25) is 4.79 Å². The standard InChI is InChI=1S/C16H19FN4O/c1-13-18-6-7-21(13)12-16(22)20-10-8-19(9-11-20)15-4-2-14(17)3-5-15/h2-7H,8-12H2,1H3. The van der Waals surface area contributed by atoms with Gasteiger partial charge in [-0.15, -0.1) is 0 Å². The molecule has 0 unspecified atom stereocenters. The maximum atomic E-state index is 13.0. The summed E-state index contributed by atoms with van der Waals surface area (Å²) in [6.45, 7) is 5.12. The summed E-state index contributed by atoms with van der Waals surface area (Å²) in [5.41, 5.74) is 0.999. The number of aryl methyl sites for hydroxylation is 1. The smallest absolute Gasteiger partial charge is 0.242 e. The second kappa shape index (κ2) is 6.17. The van der Waals surface area contributed by atoms with Crippen molar-refractivity contribution in [2.75, 3.05) is 31.1 Å². The Morgan fingerprint density at radius 2 is 1.86 bits per heavy atom. The largest absolute Gasteiger partial charge is 0.368 e. The third-order valence-electron chi connectivity index (χ3n) is 4.05. The lowest BCUT2D eigenvalue weighted by atomic mass is 10.2. The van der Waals surface area contributed by atoms with Crippen LogP contribution in [-0.2, 0) is 11.3 Å². The molecular formula is C16H19FN4O. The maximum Gasteiger partial charge on any atom is 0.242 e. The Morgan fingerprint density at radius 1 is 1.18 bits per heavy atom. The second-order valence-corrected chi connectivity index (χ2v) is 5.45. The van der Waals surface area contributed by atoms with Crippen LogP contribution in [0, 0.1) is 12.7 Å². The number of hydrogen-bond donors (Lipinski definition) is 0. The molecule has 0 saturated carbocycles. The maximum absolute atomic E-state index is 13.0. The van der Waals surface area contributed by atoms with Gasteiger partial charge in [0.05, 0.1) is 0 Å². The summed E-state index contributed by atoms with van der Waals surface area (Å²) in [6.07, 6.45) is 3.52. The minimum atomic E-state index is -0.228. The van der Waals surface area contributed by atoms with Crippen LogP contribution in [0.5, 0.6) is 0 Å². The lowest BCUT2D eigenvalue weighted by Gasteiger charge is -2.36. The zero-order chi connectivity index (χ0) is 15.5. The summed E-state index contributed by atoms with van der Waals surface area (Å²) < 4.78 is 14.8. The first-order chi connectivity index (χ1) is 10.6. The molecule has 3 rings (SSSR count). The van der Waals surface area contributed by atoms with Crippen molar-refractivity contribution in [1.82, 2.24) is 14.5 Å². The van der Waals surface area contributed by atoms with Gasteiger partial charge >= 0.3 is 0 Å². The Morgan fingerprint density at radius 3 is 2.45 bits per heavy atom. The average molecular weight is 302 g/mol. The summed E-state index contributed by atoms with van der Waals surface area (Å²) in [5.74, 6) is 0.728. The molecule has 1 aromatic heterocycles. The Hall–Kier alpha value is -2.37. The van der Waals surface area contributed by atoms with Gasteiger partial charge in [-0.1, -0.05) is 0 Å². The lowest BCUT2D eigenvalue weighted by molar-refractivity contribution is -0.132. The first kappa shape index (κ1) is 14.6. The van der Waals surface area contributed by atoms with Crippen LogP contribution in [0.15, 0.2) is 36.7 Å². The number of piperazine rings is 1. The van der Waals surface area contributed by atoms with E-state index >= 15 is 0 Å². The van der Waals surface area contributed by atoms with Gasteiger partial charge in [0.15, 0.2) is 0 Å². The number of carbonyl (C=O) groups is 1. The fourth-order valence-electron chi connectivity index (χ4n) is 2.68. The third-order valence-corrected chi connectivity index (χ3v) is 4.05. The van der Waals surface area contributed by atoms with Crippen molar-refractivity contribution in [3.63, 3.8) is 0 Å². The molecule has 2 aromatic rings. The summed E-state index contributed by atoms with van der Waals surface area (Å²) in [7, 11) is 0. The number of hydrogen-bond acceptors (Lipinski definition) is 3. The molecule has 0 aliphatic carbocycles. The van der Waals surface area contributed by atoms with Crippen molar-refractivity contribution in [2.24, 2.45) is 0 Å². The van der Waals surface area contributed by atoms with E-state index in [1.165, 1.54) is 12.1 Å². The van der Waals surface area contributed by atoms with Gasteiger partial charge in [0.25, 0.3) is 0 Å². The van der Waals surface area contributed by atoms with Gasteiger partial charge in [-0.25, -0.2) is 9.37 Å². The van der Waals surface area contributed by atoms with Crippen LogP contribution in [0.4, 0.5) is 10.1 Å². The van der Waals surface area contributed by atoms with Gasteiger partial charge in [-0.05, 0) is 31.2 Å². The highest BCUT2D eigenvalue weighted by molar-refractivity contribution is 5.76. The summed E-state index contributed by atoms with van der Waals surface area (Å²) in [5, 5.41) is 0. The quantitative estimate of drug-likeness (QED) is 0.866. The van der Waals surface area contributed by atoms with E-state index in [4.69, 9.17) is 0 Å². The zero-order valence-electron chi connectivity index (χ0n) is 12.6. The topological polar surface area (TPSA) is 41.4 Å². The fraction of sp³-hybridized carbons (Fsp3) is 0.375. The van der Waals surface area contributed by atoms with Crippen LogP contribution >= 0.6 is 0 Å². The first-order valence-corrected chi connectivity index (χ1v) is 7.39. The SMILES string of the molecule is Cc1nccn1CC(=O)N1CCN(c2ccc(F)cc2)CC1. The summed E-state index contributed by atoms with van der Waals surface area (Å²) in [4.78, 5) is 20.5. The second-order valence-electron chi connectivity index (χ2n) is 5.45. The molecule has 0 N–H and O–H groups in total. The highest BCUT2D eigenvalue weighted by Crippen LogP contribution is 2.17. The normalized spacial score (nSPS) is 15.2. The molecule has 1 amide bonds. The monoisotopic (exact) mass is 302 g/mol. The molecule has 116 valence electrons. The molecule has 2 heterocycles. The summed E-state index contributed by atoms with van der Waals surface area (Å²) >= 11 is 0. The predicted molar refractivity (Wildman–Crippen MR) is 82.2 cm³/mol. The van der Waals surface area contributed by atoms with Gasteiger partial charge in [-0.2, -0.15) is 0 Å². The number of imidazole rings is 1. The molecule has 6 heteroatoms. The van der Waals surface area contributed by atoms with E-state index in [-0.39, 0.29) is 11.7 Å². The van der Waals surface area contributed by atoms with Gasteiger partial charge in [0, 0.05) is 44.3 Å². The van der Waals surface area contributed by atoms with E-state index in [9.17, 15) is 9.18 Å². The minimum absolute atomic E-state index is 0.111. The fourth-order valence-corrected chi connectivity index (χ4v) is 2.68. The Balaban J connectivity index is 1.56. The van der Waals surface area contributed by atoms with Crippen LogP contribution in [0.1, 0.15) is 5.82 Å². The molecule has 0 atom stereocenters. The highest BCUT2D eigenvalue weighted by Gasteiger charge is 2.21. The van der Waals surface area contributed by atoms with Crippen LogP contribution in [-0.4, -0.2) is 46.5 Å². The van der Waals surface area contributed by atoms with Crippen molar-refractivity contribution in [1.29, 1.82) is 0 Å². The number of aromatic nitrogens is 2. The number of amides is 1. The number of nitrogens with zero attached hydrogens (tertiary/aromatic N) is 4. The lowest BCUT2D eigenvalue weighted by Crippen LogP contribution is -2.49. The minimum Gasteiger partial charge on any atom is -0.368 e. The molecule has 0 radical (unpaired) electrons. The molecular weight excluding hydrogens is 283 g/mol. The van der Waals surface area contributed by atoms with E-state index in [1.54, 1.807) is 18.3 Å². The van der Waals surface area contributed by atoms with Gasteiger partial charge in [0.1, 0.15) is 18.2 Å². The van der Waals surface area contributed by atoms with Crippen LogP contribution < -0.4 is 4.90 Å². The molecule has 5 nitrogen and oxygen atoms in total. The average Bonchev–Trinajstić information content (AvgIpc) is 2.93. The van der Waals surface area contributed by atoms with Gasteiger partial charge < -0.3 is 14.4 Å². The number of benzene rings is 1. The van der Waals surface area contributed by atoms with E-state index in [1.807, 2.05) is 22.6 Å². The molecule has 0 bridgehead atoms. The van der Waals surface area contributed by atoms with Crippen molar-refractivity contribution in [3.8, 4) is 0 Å². The predicted octanol–water partition coefficient (Wildman–Crippen LogP) is 1.68. The first-order valence-electron chi connectivity index (χ1n) is 7.39. The summed E-state index contributed by atoms with van der Waals surface area (Å²) in [6, 6.07) is 6.49. The van der Waals surface area contributed by atoms with Crippen molar-refractivity contribution in [3.05, 3.63) is 48.3 Å². The van der Waals surface area contributed by atoms with Crippen LogP contribution in [0.25, 0.3) is 0 Å². The number of anilines is 1. The molecule has 1 aromatic carbocycles. The van der Waals surface area contributed by atoms with E-state index in [2.05, 4.69) is 9.88 Å². The van der Waals surface area contributed by atoms with E-state index < -0.39 is 0 Å². The Labute approximate surface area is 129 Å². The molecule has 1 aliphatic rings. The van der Waals surface area contributed by atoms with E-state index in [0.717, 1.165) is 24.6 Å². The van der Waals surface area contributed by atoms with Crippen molar-refractivity contribution in [2.45, 2.75) is 13.5 Å². The highest BCUT2D eigenvalue weighted by atomic mass is 19.1. The Kier molecular flexibility index (Phi) is 4.09. The van der Waals surface area contributed by atoms with Crippen LogP contribution in [0.3, 0.4) is 0 Å². The molecule has 0 spiro atoms. The third kappa shape index (κ3) is 3.10. The van der Waals surface area contributed by atoms with Gasteiger partial charge in [0.2, 0.25) is 5.91 Å². The number of rotatable bonds is 3. The van der Waals surface area contributed by atoms with Crippen molar-refractivity contribution >= 4 is 11.6 Å². The molecule has 1 aliphatic heterocycles. The van der Waals surface area contributed by atoms with E-state index in [0.29, 0.717) is 19.6 Å². The zero-order valence-corrected chi connectivity index (χ0v) is 12.6. The Bertz CT molecular complexity index is 644. The molecule has 22 heavy (non-hydrogen) atoms. The van der Waals surface area contributed by atoms with Crippen molar-refractivity contribution < 1.29 is 9.18 Å².